The molecule has 0 bridgehead atoms. The van der Waals surface area contributed by atoms with Gasteiger partial charge in [0.2, 0.25) is 0 Å². The first kappa shape index (κ1) is 8.19. The smallest absolute Gasteiger partial charge is 0.296 e. The second-order valence-electron chi connectivity index (χ2n) is 2.49. The van der Waals surface area contributed by atoms with Gasteiger partial charge in [0.1, 0.15) is 11.0 Å². The predicted octanol–water partition coefficient (Wildman–Crippen LogP) is 1.72. The van der Waals surface area contributed by atoms with Crippen LogP contribution in [-0.4, -0.2) is 9.97 Å². The summed E-state index contributed by atoms with van der Waals surface area (Å²) >= 11 is 5.63. The molecule has 3 nitrogen and oxygen atoms in total. The number of nitrogens with zero attached hydrogens (tertiary/aromatic N) is 1. The van der Waals surface area contributed by atoms with Gasteiger partial charge in [-0.3, -0.25) is 4.98 Å². The van der Waals surface area contributed by atoms with Crippen LogP contribution in [0.2, 0.25) is 5.15 Å². The zero-order valence-corrected chi connectivity index (χ0v) is 7.10. The number of hydrogen-bond acceptors (Lipinski definition) is 2. The van der Waals surface area contributed by atoms with E-state index >= 15 is 0 Å². The van der Waals surface area contributed by atoms with Gasteiger partial charge in [0.15, 0.2) is 0 Å². The molecule has 0 saturated carbocycles. The van der Waals surface area contributed by atoms with Gasteiger partial charge in [0, 0.05) is 0 Å². The van der Waals surface area contributed by atoms with E-state index in [2.05, 4.69) is 9.97 Å². The highest BCUT2D eigenvalue weighted by molar-refractivity contribution is 6.34. The van der Waals surface area contributed by atoms with Crippen molar-refractivity contribution >= 4 is 22.5 Å². The molecule has 0 radical (unpaired) electrons. The zero-order chi connectivity index (χ0) is 9.42. The summed E-state index contributed by atoms with van der Waals surface area (Å²) in [7, 11) is 0. The molecule has 2 aromatic rings. The Hall–Kier alpha value is -1.42. The predicted molar refractivity (Wildman–Crippen MR) is 47.3 cm³/mol. The molecule has 66 valence electrons. The number of nitrogens with one attached hydrogen (secondary N) is 1. The molecule has 1 aromatic carbocycles. The van der Waals surface area contributed by atoms with Gasteiger partial charge in [0.05, 0.1) is 10.9 Å². The normalized spacial score (nSPS) is 10.6. The number of fused-ring (bicyclic) bond motifs is 1. The van der Waals surface area contributed by atoms with E-state index in [-0.39, 0.29) is 16.1 Å². The highest BCUT2D eigenvalue weighted by atomic mass is 35.5. The first-order chi connectivity index (χ1) is 6.18. The lowest BCUT2D eigenvalue weighted by Crippen LogP contribution is -2.10. The van der Waals surface area contributed by atoms with E-state index in [1.54, 1.807) is 0 Å². The number of benzene rings is 1. The van der Waals surface area contributed by atoms with Crippen molar-refractivity contribution in [3.05, 3.63) is 39.7 Å². The maximum Gasteiger partial charge on any atom is 0.346 e. The molecule has 0 fully saturated rings. The van der Waals surface area contributed by atoms with Crippen molar-refractivity contribution in [3.8, 4) is 0 Å². The van der Waals surface area contributed by atoms with Gasteiger partial charge in [0.25, 0.3) is 0 Å². The van der Waals surface area contributed by atoms with Crippen molar-refractivity contribution in [3.63, 3.8) is 0 Å². The third kappa shape index (κ3) is 1.29. The SMILES string of the molecule is O=c1nc2cccc(F)c2c(Cl)[nH]1. The molecule has 0 atom stereocenters. The number of rotatable bonds is 0. The van der Waals surface area contributed by atoms with Crippen molar-refractivity contribution in [2.75, 3.05) is 0 Å². The Labute approximate surface area is 77.2 Å². The van der Waals surface area contributed by atoms with Crippen LogP contribution in [0.4, 0.5) is 4.39 Å². The van der Waals surface area contributed by atoms with Gasteiger partial charge in [-0.05, 0) is 12.1 Å². The van der Waals surface area contributed by atoms with Crippen molar-refractivity contribution < 1.29 is 4.39 Å². The third-order valence-electron chi connectivity index (χ3n) is 1.65. The molecule has 1 N–H and O–H groups in total. The van der Waals surface area contributed by atoms with Gasteiger partial charge in [-0.1, -0.05) is 17.7 Å². The molecular weight excluding hydrogens is 195 g/mol. The largest absolute Gasteiger partial charge is 0.346 e. The maximum atomic E-state index is 13.1. The van der Waals surface area contributed by atoms with Crippen LogP contribution in [0.15, 0.2) is 23.0 Å². The Morgan fingerprint density at radius 1 is 1.46 bits per heavy atom. The van der Waals surface area contributed by atoms with Gasteiger partial charge >= 0.3 is 5.69 Å². The van der Waals surface area contributed by atoms with Crippen molar-refractivity contribution in [2.45, 2.75) is 0 Å². The Morgan fingerprint density at radius 2 is 2.23 bits per heavy atom. The van der Waals surface area contributed by atoms with Crippen LogP contribution >= 0.6 is 11.6 Å². The first-order valence-corrected chi connectivity index (χ1v) is 3.90. The second kappa shape index (κ2) is 2.81. The number of H-pyrrole nitrogens is 1. The zero-order valence-electron chi connectivity index (χ0n) is 6.34. The van der Waals surface area contributed by atoms with Crippen LogP contribution in [0.25, 0.3) is 10.9 Å². The van der Waals surface area contributed by atoms with Crippen LogP contribution in [0.5, 0.6) is 0 Å². The summed E-state index contributed by atoms with van der Waals surface area (Å²) in [4.78, 5) is 16.6. The highest BCUT2D eigenvalue weighted by Gasteiger charge is 2.06. The second-order valence-corrected chi connectivity index (χ2v) is 2.87. The molecule has 0 aliphatic rings. The van der Waals surface area contributed by atoms with Crippen molar-refractivity contribution in [1.29, 1.82) is 0 Å². The lowest BCUT2D eigenvalue weighted by Gasteiger charge is -1.98. The number of halogens is 2. The summed E-state index contributed by atoms with van der Waals surface area (Å²) in [6.45, 7) is 0. The fourth-order valence-corrected chi connectivity index (χ4v) is 1.38. The Kier molecular flexibility index (Phi) is 1.77. The van der Waals surface area contributed by atoms with Crippen LogP contribution in [-0.2, 0) is 0 Å². The quantitative estimate of drug-likeness (QED) is 0.655. The minimum atomic E-state index is -0.580. The van der Waals surface area contributed by atoms with Crippen LogP contribution in [0.3, 0.4) is 0 Å². The van der Waals surface area contributed by atoms with E-state index in [1.165, 1.54) is 18.2 Å². The van der Waals surface area contributed by atoms with Crippen molar-refractivity contribution in [2.24, 2.45) is 0 Å². The summed E-state index contributed by atoms with van der Waals surface area (Å²) in [6, 6.07) is 4.26. The summed E-state index contributed by atoms with van der Waals surface area (Å²) in [5, 5.41) is 0.122. The van der Waals surface area contributed by atoms with Crippen LogP contribution < -0.4 is 5.69 Å². The Bertz CT molecular complexity index is 523. The van der Waals surface area contributed by atoms with Gasteiger partial charge in [-0.25, -0.2) is 9.18 Å². The molecule has 1 heterocycles. The summed E-state index contributed by atoms with van der Waals surface area (Å²) in [5.74, 6) is -0.494. The summed E-state index contributed by atoms with van der Waals surface area (Å²) < 4.78 is 13.1. The lowest BCUT2D eigenvalue weighted by atomic mass is 10.2. The molecule has 13 heavy (non-hydrogen) atoms. The first-order valence-electron chi connectivity index (χ1n) is 3.52. The average molecular weight is 199 g/mol. The molecule has 5 heteroatoms. The number of aromatic amines is 1. The highest BCUT2D eigenvalue weighted by Crippen LogP contribution is 2.20. The fraction of sp³-hybridized carbons (Fsp3) is 0. The summed E-state index contributed by atoms with van der Waals surface area (Å²) in [5.41, 5.74) is -0.322. The van der Waals surface area contributed by atoms with E-state index < -0.39 is 11.5 Å². The van der Waals surface area contributed by atoms with E-state index in [0.717, 1.165) is 0 Å². The van der Waals surface area contributed by atoms with Gasteiger partial charge in [-0.15, -0.1) is 0 Å². The minimum absolute atomic E-state index is 0.0203. The molecule has 0 saturated heterocycles. The van der Waals surface area contributed by atoms with Crippen LogP contribution in [0.1, 0.15) is 0 Å². The topological polar surface area (TPSA) is 45.8 Å². The van der Waals surface area contributed by atoms with Crippen LogP contribution in [0, 0.1) is 5.82 Å². The maximum absolute atomic E-state index is 13.1. The van der Waals surface area contributed by atoms with Gasteiger partial charge in [-0.2, -0.15) is 4.98 Å². The molecule has 0 unspecified atom stereocenters. The van der Waals surface area contributed by atoms with E-state index in [1.807, 2.05) is 0 Å². The summed E-state index contributed by atoms with van der Waals surface area (Å²) in [6.07, 6.45) is 0. The molecular formula is C8H4ClFN2O. The monoisotopic (exact) mass is 198 g/mol. The fourth-order valence-electron chi connectivity index (χ4n) is 1.12. The number of aromatic nitrogens is 2. The third-order valence-corrected chi connectivity index (χ3v) is 1.93. The minimum Gasteiger partial charge on any atom is -0.296 e. The molecule has 2 rings (SSSR count). The molecule has 0 aliphatic carbocycles. The van der Waals surface area contributed by atoms with E-state index in [4.69, 9.17) is 11.6 Å². The molecule has 0 amide bonds. The Morgan fingerprint density at radius 3 is 3.00 bits per heavy atom. The average Bonchev–Trinajstić information content (AvgIpc) is 2.02. The molecule has 0 spiro atoms. The lowest BCUT2D eigenvalue weighted by molar-refractivity contribution is 0.639. The number of hydrogen-bond donors (Lipinski definition) is 1. The standard InChI is InChI=1S/C8H4ClFN2O/c9-7-6-4(10)2-1-3-5(6)11-8(13)12-7/h1-3H,(H,11,12,13). The molecule has 0 aliphatic heterocycles. The molecule has 1 aromatic heterocycles. The van der Waals surface area contributed by atoms with Crippen molar-refractivity contribution in [1.82, 2.24) is 9.97 Å². The Balaban J connectivity index is 3.03. The van der Waals surface area contributed by atoms with E-state index in [9.17, 15) is 9.18 Å². The van der Waals surface area contributed by atoms with Gasteiger partial charge < -0.3 is 0 Å². The van der Waals surface area contributed by atoms with E-state index in [0.29, 0.717) is 0 Å².